The smallest absolute Gasteiger partial charge is 0.407 e. The third-order valence-electron chi connectivity index (χ3n) is 3.43. The fraction of sp³-hybridized carbons (Fsp3) is 0.500. The Hall–Kier alpha value is -2.26. The van der Waals surface area contributed by atoms with Crippen LogP contribution >= 0.6 is 11.8 Å². The minimum absolute atomic E-state index is 0.0534. The van der Waals surface area contributed by atoms with Gasteiger partial charge in [0.1, 0.15) is 18.7 Å². The molecule has 0 aliphatic carbocycles. The summed E-state index contributed by atoms with van der Waals surface area (Å²) in [6.45, 7) is 2.31. The summed E-state index contributed by atoms with van der Waals surface area (Å²) in [6, 6.07) is 7.19. The van der Waals surface area contributed by atoms with Crippen molar-refractivity contribution < 1.29 is 29.0 Å². The van der Waals surface area contributed by atoms with E-state index in [0.717, 1.165) is 23.7 Å². The van der Waals surface area contributed by atoms with Gasteiger partial charge in [0.15, 0.2) is 0 Å². The first kappa shape index (κ1) is 22.8. The summed E-state index contributed by atoms with van der Waals surface area (Å²) in [5.74, 6) is -1.53. The van der Waals surface area contributed by atoms with Gasteiger partial charge in [0.25, 0.3) is 0 Å². The minimum atomic E-state index is -1.19. The van der Waals surface area contributed by atoms with E-state index in [1.54, 1.807) is 0 Å². The van der Waals surface area contributed by atoms with Crippen molar-refractivity contribution in [1.82, 2.24) is 5.32 Å². The van der Waals surface area contributed by atoms with E-state index in [2.05, 4.69) is 5.32 Å². The van der Waals surface area contributed by atoms with E-state index in [1.807, 2.05) is 37.3 Å². The molecule has 1 rings (SSSR count). The molecule has 0 aliphatic heterocycles. The number of benzene rings is 1. The lowest BCUT2D eigenvalue weighted by atomic mass is 10.2. The third-order valence-corrected chi connectivity index (χ3v) is 4.59. The van der Waals surface area contributed by atoms with Gasteiger partial charge >= 0.3 is 18.0 Å². The Morgan fingerprint density at radius 1 is 1.19 bits per heavy atom. The highest BCUT2D eigenvalue weighted by molar-refractivity contribution is 7.99. The van der Waals surface area contributed by atoms with Crippen molar-refractivity contribution in [2.75, 3.05) is 18.1 Å². The van der Waals surface area contributed by atoms with Gasteiger partial charge in [0, 0.05) is 11.5 Å². The molecule has 0 fully saturated rings. The van der Waals surface area contributed by atoms with Crippen molar-refractivity contribution in [3.8, 4) is 0 Å². The maximum atomic E-state index is 11.9. The van der Waals surface area contributed by atoms with Crippen LogP contribution in [0.15, 0.2) is 30.3 Å². The average Bonchev–Trinajstić information content (AvgIpc) is 2.66. The molecule has 1 amide bonds. The number of unbranched alkanes of at least 4 members (excludes halogenated alkanes) is 1. The second kappa shape index (κ2) is 13.0. The molecule has 0 aromatic heterocycles. The van der Waals surface area contributed by atoms with E-state index in [4.69, 9.17) is 15.2 Å². The van der Waals surface area contributed by atoms with Gasteiger partial charge < -0.3 is 25.6 Å². The maximum absolute atomic E-state index is 11.9. The molecule has 0 aliphatic rings. The van der Waals surface area contributed by atoms with E-state index in [-0.39, 0.29) is 24.7 Å². The van der Waals surface area contributed by atoms with E-state index >= 15 is 0 Å². The Balaban J connectivity index is 2.31. The summed E-state index contributed by atoms with van der Waals surface area (Å²) in [4.78, 5) is 34.7. The fourth-order valence-corrected chi connectivity index (χ4v) is 2.87. The van der Waals surface area contributed by atoms with Crippen LogP contribution < -0.4 is 11.1 Å². The number of ether oxygens (including phenoxy) is 2. The number of nitrogens with two attached hydrogens (primary N) is 1. The molecule has 0 heterocycles. The van der Waals surface area contributed by atoms with Crippen molar-refractivity contribution in [2.45, 2.75) is 38.5 Å². The molecule has 2 atom stereocenters. The van der Waals surface area contributed by atoms with E-state index in [0.29, 0.717) is 6.42 Å². The number of thioether (sulfide) groups is 1. The highest BCUT2D eigenvalue weighted by Crippen LogP contribution is 2.08. The number of hydrogen-bond acceptors (Lipinski definition) is 7. The van der Waals surface area contributed by atoms with E-state index in [1.165, 1.54) is 0 Å². The van der Waals surface area contributed by atoms with Gasteiger partial charge in [0.2, 0.25) is 0 Å². The molecule has 8 nitrogen and oxygen atoms in total. The van der Waals surface area contributed by atoms with Crippen LogP contribution in [0.5, 0.6) is 0 Å². The summed E-state index contributed by atoms with van der Waals surface area (Å²) in [6.07, 6.45) is 0.798. The van der Waals surface area contributed by atoms with Crippen LogP contribution in [0, 0.1) is 0 Å². The SMILES string of the molecule is CCCCOC(=O)N[C@@H](CSCC(N)C(=O)OCc1ccccc1)C(=O)O. The third kappa shape index (κ3) is 9.86. The number of nitrogens with one attached hydrogen (secondary N) is 1. The highest BCUT2D eigenvalue weighted by atomic mass is 32.2. The zero-order valence-electron chi connectivity index (χ0n) is 15.3. The largest absolute Gasteiger partial charge is 0.480 e. The fourth-order valence-electron chi connectivity index (χ4n) is 1.88. The molecule has 9 heteroatoms. The quantitative estimate of drug-likeness (QED) is 0.359. The van der Waals surface area contributed by atoms with Gasteiger partial charge in [-0.15, -0.1) is 0 Å². The number of carboxylic acid groups (broad SMARTS) is 1. The molecule has 150 valence electrons. The molecule has 1 aromatic rings. The number of carbonyl (C=O) groups is 3. The van der Waals surface area contributed by atoms with E-state index in [9.17, 15) is 19.5 Å². The van der Waals surface area contributed by atoms with Crippen molar-refractivity contribution >= 4 is 29.8 Å². The number of amides is 1. The number of rotatable bonds is 12. The molecule has 1 aromatic carbocycles. The minimum Gasteiger partial charge on any atom is -0.480 e. The van der Waals surface area contributed by atoms with E-state index < -0.39 is 30.1 Å². The first-order valence-corrected chi connectivity index (χ1v) is 9.79. The lowest BCUT2D eigenvalue weighted by Crippen LogP contribution is -2.43. The van der Waals surface area contributed by atoms with Crippen LogP contribution in [0.2, 0.25) is 0 Å². The van der Waals surface area contributed by atoms with Crippen molar-refractivity contribution in [3.05, 3.63) is 35.9 Å². The van der Waals surface area contributed by atoms with Crippen molar-refractivity contribution in [3.63, 3.8) is 0 Å². The first-order chi connectivity index (χ1) is 12.9. The monoisotopic (exact) mass is 398 g/mol. The zero-order valence-corrected chi connectivity index (χ0v) is 16.1. The summed E-state index contributed by atoms with van der Waals surface area (Å²) in [5.41, 5.74) is 6.62. The van der Waals surface area contributed by atoms with Gasteiger partial charge in [-0.05, 0) is 12.0 Å². The molecule has 4 N–H and O–H groups in total. The van der Waals surface area contributed by atoms with Crippen LogP contribution in [-0.4, -0.2) is 53.3 Å². The number of alkyl carbamates (subject to hydrolysis) is 1. The van der Waals surface area contributed by atoms with Crippen LogP contribution in [0.25, 0.3) is 0 Å². The molecule has 1 unspecified atom stereocenters. The van der Waals surface area contributed by atoms with Crippen LogP contribution in [-0.2, 0) is 25.7 Å². The van der Waals surface area contributed by atoms with Crippen LogP contribution in [0.4, 0.5) is 4.79 Å². The summed E-state index contributed by atoms with van der Waals surface area (Å²) in [7, 11) is 0. The lowest BCUT2D eigenvalue weighted by molar-refractivity contribution is -0.146. The van der Waals surface area contributed by atoms with Gasteiger partial charge in [-0.3, -0.25) is 4.79 Å². The Morgan fingerprint density at radius 2 is 1.89 bits per heavy atom. The Kier molecular flexibility index (Phi) is 11.0. The average molecular weight is 398 g/mol. The second-order valence-corrected chi connectivity index (χ2v) is 6.84. The molecule has 0 bridgehead atoms. The Bertz CT molecular complexity index is 599. The number of hydrogen-bond donors (Lipinski definition) is 3. The van der Waals surface area contributed by atoms with Gasteiger partial charge in [-0.2, -0.15) is 11.8 Å². The Labute approximate surface area is 162 Å². The lowest BCUT2D eigenvalue weighted by Gasteiger charge is -2.16. The number of aliphatic carboxylic acids is 1. The van der Waals surface area contributed by atoms with Gasteiger partial charge in [-0.25, -0.2) is 9.59 Å². The molecule has 27 heavy (non-hydrogen) atoms. The van der Waals surface area contributed by atoms with Crippen LogP contribution in [0.3, 0.4) is 0 Å². The molecular formula is C18H26N2O6S. The summed E-state index contributed by atoms with van der Waals surface area (Å²) < 4.78 is 10.0. The second-order valence-electron chi connectivity index (χ2n) is 5.76. The van der Waals surface area contributed by atoms with Crippen LogP contribution in [0.1, 0.15) is 25.3 Å². The normalized spacial score (nSPS) is 12.7. The first-order valence-electron chi connectivity index (χ1n) is 8.64. The predicted molar refractivity (Wildman–Crippen MR) is 102 cm³/mol. The molecule has 0 saturated heterocycles. The molecule has 0 spiro atoms. The maximum Gasteiger partial charge on any atom is 0.407 e. The summed E-state index contributed by atoms with van der Waals surface area (Å²) in [5, 5.41) is 11.5. The molecule has 0 saturated carbocycles. The van der Waals surface area contributed by atoms with Crippen molar-refractivity contribution in [2.24, 2.45) is 5.73 Å². The topological polar surface area (TPSA) is 128 Å². The standard InChI is InChI=1S/C18H26N2O6S/c1-2-3-9-25-18(24)20-15(16(21)22)12-27-11-14(19)17(23)26-10-13-7-5-4-6-8-13/h4-8,14-15H,2-3,9-12,19H2,1H3,(H,20,24)(H,21,22)/t14?,15-/m0/s1. The van der Waals surface area contributed by atoms with Gasteiger partial charge in [0.05, 0.1) is 6.61 Å². The Morgan fingerprint density at radius 3 is 2.52 bits per heavy atom. The number of carbonyl (C=O) groups excluding carboxylic acids is 2. The predicted octanol–water partition coefficient (Wildman–Crippen LogP) is 1.77. The highest BCUT2D eigenvalue weighted by Gasteiger charge is 2.22. The van der Waals surface area contributed by atoms with Gasteiger partial charge in [-0.1, -0.05) is 43.7 Å². The number of esters is 1. The number of carboxylic acids is 1. The molecule has 0 radical (unpaired) electrons. The summed E-state index contributed by atoms with van der Waals surface area (Å²) >= 11 is 1.14. The molecular weight excluding hydrogens is 372 g/mol. The zero-order chi connectivity index (χ0) is 20.1. The van der Waals surface area contributed by atoms with Crippen molar-refractivity contribution in [1.29, 1.82) is 0 Å².